The molecule has 140 valence electrons. The number of fused-ring (bicyclic) bond motifs is 1. The van der Waals surface area contributed by atoms with Gasteiger partial charge in [-0.15, -0.1) is 0 Å². The fraction of sp³-hybridized carbons (Fsp3) is 0.174. The Labute approximate surface area is 163 Å². The SMILES string of the molecule is CC(=O)c1ccc(NC(=O)C2CCn3c(C(=O)c4ccccc4)ccc32)cc1. The molecule has 1 atom stereocenters. The molecule has 1 N–H and O–H groups in total. The van der Waals surface area contributed by atoms with Crippen LogP contribution in [-0.4, -0.2) is 22.0 Å². The Morgan fingerprint density at radius 3 is 2.29 bits per heavy atom. The first kappa shape index (κ1) is 17.9. The van der Waals surface area contributed by atoms with Crippen molar-refractivity contribution < 1.29 is 14.4 Å². The molecule has 28 heavy (non-hydrogen) atoms. The summed E-state index contributed by atoms with van der Waals surface area (Å²) in [5.41, 5.74) is 3.37. The number of hydrogen-bond donors (Lipinski definition) is 1. The lowest BCUT2D eigenvalue weighted by atomic mass is 10.0. The maximum Gasteiger partial charge on any atom is 0.233 e. The summed E-state index contributed by atoms with van der Waals surface area (Å²) in [5, 5.41) is 2.91. The normalized spacial score (nSPS) is 15.1. The van der Waals surface area contributed by atoms with Crippen LogP contribution in [0.25, 0.3) is 0 Å². The molecule has 5 heteroatoms. The maximum absolute atomic E-state index is 12.8. The van der Waals surface area contributed by atoms with E-state index >= 15 is 0 Å². The van der Waals surface area contributed by atoms with E-state index in [2.05, 4.69) is 5.32 Å². The van der Waals surface area contributed by atoms with Gasteiger partial charge in [0.2, 0.25) is 11.7 Å². The summed E-state index contributed by atoms with van der Waals surface area (Å²) < 4.78 is 1.94. The predicted molar refractivity (Wildman–Crippen MR) is 107 cm³/mol. The second kappa shape index (κ2) is 7.27. The minimum Gasteiger partial charge on any atom is -0.341 e. The van der Waals surface area contributed by atoms with E-state index < -0.39 is 0 Å². The summed E-state index contributed by atoms with van der Waals surface area (Å²) >= 11 is 0. The quantitative estimate of drug-likeness (QED) is 0.687. The third kappa shape index (κ3) is 3.27. The van der Waals surface area contributed by atoms with E-state index in [0.717, 1.165) is 5.69 Å². The first-order valence-electron chi connectivity index (χ1n) is 9.25. The van der Waals surface area contributed by atoms with Crippen molar-refractivity contribution in [3.05, 3.63) is 89.2 Å². The smallest absolute Gasteiger partial charge is 0.233 e. The van der Waals surface area contributed by atoms with Crippen LogP contribution in [0, 0.1) is 0 Å². The number of Topliss-reactive ketones (excluding diaryl/α,β-unsaturated/α-hetero) is 1. The summed E-state index contributed by atoms with van der Waals surface area (Å²) in [6, 6.07) is 19.7. The van der Waals surface area contributed by atoms with Crippen LogP contribution >= 0.6 is 0 Å². The van der Waals surface area contributed by atoms with Gasteiger partial charge < -0.3 is 9.88 Å². The summed E-state index contributed by atoms with van der Waals surface area (Å²) in [7, 11) is 0. The van der Waals surface area contributed by atoms with Crippen molar-refractivity contribution in [3.63, 3.8) is 0 Å². The van der Waals surface area contributed by atoms with Gasteiger partial charge in [-0.25, -0.2) is 0 Å². The highest BCUT2D eigenvalue weighted by atomic mass is 16.2. The van der Waals surface area contributed by atoms with Gasteiger partial charge in [-0.3, -0.25) is 14.4 Å². The van der Waals surface area contributed by atoms with E-state index in [1.165, 1.54) is 6.92 Å². The number of benzene rings is 2. The molecule has 0 saturated heterocycles. The number of carbonyl (C=O) groups excluding carboxylic acids is 3. The van der Waals surface area contributed by atoms with Crippen LogP contribution in [0.15, 0.2) is 66.7 Å². The molecule has 5 nitrogen and oxygen atoms in total. The third-order valence-electron chi connectivity index (χ3n) is 5.16. The van der Waals surface area contributed by atoms with Gasteiger partial charge in [0.05, 0.1) is 11.6 Å². The van der Waals surface area contributed by atoms with Crippen LogP contribution in [0.5, 0.6) is 0 Å². The zero-order chi connectivity index (χ0) is 19.7. The second-order valence-corrected chi connectivity index (χ2v) is 6.95. The molecule has 3 aromatic rings. The topological polar surface area (TPSA) is 68.2 Å². The standard InChI is InChI=1S/C23H20N2O3/c1-15(26)16-7-9-18(10-8-16)24-23(28)19-13-14-25-20(19)11-12-21(25)22(27)17-5-3-2-4-6-17/h2-12,19H,13-14H2,1H3,(H,24,28). The Morgan fingerprint density at radius 2 is 1.61 bits per heavy atom. The first-order chi connectivity index (χ1) is 13.5. The molecule has 4 rings (SSSR count). The Bertz CT molecular complexity index is 1050. The Hall–Kier alpha value is -3.47. The van der Waals surface area contributed by atoms with E-state index in [1.807, 2.05) is 28.8 Å². The minimum absolute atomic E-state index is 0.0119. The van der Waals surface area contributed by atoms with E-state index in [0.29, 0.717) is 35.5 Å². The molecule has 0 fully saturated rings. The number of anilines is 1. The van der Waals surface area contributed by atoms with Crippen molar-refractivity contribution in [1.29, 1.82) is 0 Å². The number of rotatable bonds is 5. The number of ketones is 2. The first-order valence-corrected chi connectivity index (χ1v) is 9.25. The van der Waals surface area contributed by atoms with Gasteiger partial charge in [0, 0.05) is 29.1 Å². The van der Waals surface area contributed by atoms with Crippen molar-refractivity contribution in [2.75, 3.05) is 5.32 Å². The number of nitrogens with zero attached hydrogens (tertiary/aromatic N) is 1. The molecule has 1 aliphatic rings. The fourth-order valence-corrected chi connectivity index (χ4v) is 3.66. The Kier molecular flexibility index (Phi) is 4.65. The molecular weight excluding hydrogens is 352 g/mol. The van der Waals surface area contributed by atoms with Gasteiger partial charge in [-0.05, 0) is 49.7 Å². The van der Waals surface area contributed by atoms with Crippen LogP contribution < -0.4 is 5.32 Å². The summed E-state index contributed by atoms with van der Waals surface area (Å²) in [5.74, 6) is -0.453. The number of carbonyl (C=O) groups is 3. The van der Waals surface area contributed by atoms with Crippen LogP contribution in [0.2, 0.25) is 0 Å². The van der Waals surface area contributed by atoms with E-state index in [4.69, 9.17) is 0 Å². The van der Waals surface area contributed by atoms with Gasteiger partial charge in [-0.2, -0.15) is 0 Å². The monoisotopic (exact) mass is 372 g/mol. The number of amides is 1. The Morgan fingerprint density at radius 1 is 0.893 bits per heavy atom. The van der Waals surface area contributed by atoms with Crippen LogP contribution in [-0.2, 0) is 11.3 Å². The largest absolute Gasteiger partial charge is 0.341 e. The Balaban J connectivity index is 1.52. The summed E-state index contributed by atoms with van der Waals surface area (Å²) in [4.78, 5) is 36.9. The number of hydrogen-bond acceptors (Lipinski definition) is 3. The lowest BCUT2D eigenvalue weighted by molar-refractivity contribution is -0.117. The van der Waals surface area contributed by atoms with Crippen molar-refractivity contribution >= 4 is 23.2 Å². The molecule has 2 heterocycles. The molecule has 0 radical (unpaired) electrons. The minimum atomic E-state index is -0.301. The lowest BCUT2D eigenvalue weighted by Crippen LogP contribution is -2.19. The molecule has 0 bridgehead atoms. The molecule has 1 amide bonds. The van der Waals surface area contributed by atoms with Gasteiger partial charge in [0.15, 0.2) is 5.78 Å². The molecule has 2 aromatic carbocycles. The molecule has 1 unspecified atom stereocenters. The molecule has 0 spiro atoms. The second-order valence-electron chi connectivity index (χ2n) is 6.95. The van der Waals surface area contributed by atoms with Crippen molar-refractivity contribution in [3.8, 4) is 0 Å². The lowest BCUT2D eigenvalue weighted by Gasteiger charge is -2.11. The zero-order valence-corrected chi connectivity index (χ0v) is 15.5. The van der Waals surface area contributed by atoms with Crippen LogP contribution in [0.1, 0.15) is 51.4 Å². The van der Waals surface area contributed by atoms with Gasteiger partial charge in [0.25, 0.3) is 0 Å². The van der Waals surface area contributed by atoms with E-state index in [1.54, 1.807) is 42.5 Å². The van der Waals surface area contributed by atoms with Crippen LogP contribution in [0.4, 0.5) is 5.69 Å². The molecule has 1 aromatic heterocycles. The maximum atomic E-state index is 12.8. The van der Waals surface area contributed by atoms with E-state index in [-0.39, 0.29) is 23.4 Å². The average molecular weight is 372 g/mol. The van der Waals surface area contributed by atoms with Crippen molar-refractivity contribution in [1.82, 2.24) is 4.57 Å². The van der Waals surface area contributed by atoms with E-state index in [9.17, 15) is 14.4 Å². The summed E-state index contributed by atoms with van der Waals surface area (Å²) in [6.45, 7) is 2.15. The fourth-order valence-electron chi connectivity index (χ4n) is 3.66. The highest BCUT2D eigenvalue weighted by Crippen LogP contribution is 2.32. The van der Waals surface area contributed by atoms with Gasteiger partial charge in [0.1, 0.15) is 0 Å². The predicted octanol–water partition coefficient (Wildman–Crippen LogP) is 4.05. The van der Waals surface area contributed by atoms with Crippen LogP contribution in [0.3, 0.4) is 0 Å². The number of nitrogens with one attached hydrogen (secondary N) is 1. The molecular formula is C23H20N2O3. The molecule has 1 aliphatic heterocycles. The zero-order valence-electron chi connectivity index (χ0n) is 15.5. The van der Waals surface area contributed by atoms with Crippen molar-refractivity contribution in [2.24, 2.45) is 0 Å². The molecule has 0 saturated carbocycles. The number of aromatic nitrogens is 1. The summed E-state index contributed by atoms with van der Waals surface area (Å²) in [6.07, 6.45) is 0.655. The third-order valence-corrected chi connectivity index (χ3v) is 5.16. The molecule has 0 aliphatic carbocycles. The highest BCUT2D eigenvalue weighted by Gasteiger charge is 2.32. The highest BCUT2D eigenvalue weighted by molar-refractivity contribution is 6.08. The van der Waals surface area contributed by atoms with Gasteiger partial charge >= 0.3 is 0 Å². The van der Waals surface area contributed by atoms with Gasteiger partial charge in [-0.1, -0.05) is 30.3 Å². The average Bonchev–Trinajstić information content (AvgIpc) is 3.30. The van der Waals surface area contributed by atoms with Crippen molar-refractivity contribution in [2.45, 2.75) is 25.8 Å².